The lowest BCUT2D eigenvalue weighted by Crippen LogP contribution is -2.28. The molecule has 35 heavy (non-hydrogen) atoms. The highest BCUT2D eigenvalue weighted by atomic mass is 16.5. The van der Waals surface area contributed by atoms with E-state index in [0.717, 1.165) is 34.4 Å². The van der Waals surface area contributed by atoms with E-state index in [1.54, 1.807) is 11.8 Å². The van der Waals surface area contributed by atoms with E-state index in [-0.39, 0.29) is 29.6 Å². The topological polar surface area (TPSA) is 101 Å². The summed E-state index contributed by atoms with van der Waals surface area (Å²) < 4.78 is 5.18. The molecule has 8 heteroatoms. The molecule has 0 radical (unpaired) electrons. The third kappa shape index (κ3) is 3.65. The zero-order chi connectivity index (χ0) is 23.9. The second kappa shape index (κ2) is 8.61. The maximum Gasteiger partial charge on any atom is 0.332 e. The monoisotopic (exact) mass is 467 g/mol. The Labute approximate surface area is 202 Å². The molecule has 1 aliphatic heterocycles. The number of aromatic nitrogens is 4. The Morgan fingerprint density at radius 1 is 1.09 bits per heavy atom. The van der Waals surface area contributed by atoms with Crippen LogP contribution in [0.1, 0.15) is 18.9 Å². The third-order valence-corrected chi connectivity index (χ3v) is 7.33. The standard InChI is InChI=1S/C27H25N5O3/c1-2-35-23(33)14-22-24-18-11-12-19(13-18)25(24)27(34)32(22)15-16-7-9-17(10-8-16)20-5-3-4-6-21(20)26-28-30-31-29-26/h3-12,14,18-19,24-25H,2,13,15H2,1H3,(H,28,29,30,31)/b22-14+. The number of fused-ring (bicyclic) bond motifs is 5. The van der Waals surface area contributed by atoms with Crippen LogP contribution in [-0.2, 0) is 20.9 Å². The van der Waals surface area contributed by atoms with E-state index >= 15 is 0 Å². The fourth-order valence-corrected chi connectivity index (χ4v) is 5.88. The average molecular weight is 468 g/mol. The van der Waals surface area contributed by atoms with E-state index in [0.29, 0.717) is 24.9 Å². The highest BCUT2D eigenvalue weighted by molar-refractivity contribution is 5.90. The molecule has 1 saturated carbocycles. The first-order valence-electron chi connectivity index (χ1n) is 11.9. The first kappa shape index (κ1) is 21.5. The van der Waals surface area contributed by atoms with Crippen molar-refractivity contribution in [2.75, 3.05) is 6.61 Å². The van der Waals surface area contributed by atoms with Gasteiger partial charge in [-0.1, -0.05) is 60.7 Å². The van der Waals surface area contributed by atoms with Crippen LogP contribution in [0.2, 0.25) is 0 Å². The van der Waals surface area contributed by atoms with Crippen LogP contribution in [0.25, 0.3) is 22.5 Å². The summed E-state index contributed by atoms with van der Waals surface area (Å²) in [5.74, 6) is 0.807. The lowest BCUT2D eigenvalue weighted by atomic mass is 9.84. The van der Waals surface area contributed by atoms with Crippen molar-refractivity contribution in [1.82, 2.24) is 25.5 Å². The molecule has 2 aliphatic carbocycles. The largest absolute Gasteiger partial charge is 0.463 e. The molecule has 4 atom stereocenters. The predicted octanol–water partition coefficient (Wildman–Crippen LogP) is 3.76. The molecule has 3 aromatic rings. The fourth-order valence-electron chi connectivity index (χ4n) is 5.88. The number of likely N-dealkylation sites (tertiary alicyclic amines) is 1. The molecule has 2 aromatic carbocycles. The van der Waals surface area contributed by atoms with Crippen LogP contribution in [0.5, 0.6) is 0 Å². The molecule has 1 N–H and O–H groups in total. The van der Waals surface area contributed by atoms with Gasteiger partial charge in [0, 0.05) is 23.3 Å². The van der Waals surface area contributed by atoms with Gasteiger partial charge in [0.15, 0.2) is 0 Å². The number of nitrogens with zero attached hydrogens (tertiary/aromatic N) is 4. The molecular formula is C27H25N5O3. The van der Waals surface area contributed by atoms with Crippen LogP contribution in [0.15, 0.2) is 72.5 Å². The zero-order valence-corrected chi connectivity index (χ0v) is 19.3. The predicted molar refractivity (Wildman–Crippen MR) is 128 cm³/mol. The second-order valence-electron chi connectivity index (χ2n) is 9.22. The number of rotatable bonds is 6. The molecule has 3 aliphatic rings. The molecule has 2 heterocycles. The van der Waals surface area contributed by atoms with Gasteiger partial charge in [-0.2, -0.15) is 5.21 Å². The Bertz CT molecular complexity index is 1330. The van der Waals surface area contributed by atoms with Crippen molar-refractivity contribution in [3.63, 3.8) is 0 Å². The lowest BCUT2D eigenvalue weighted by molar-refractivity contribution is -0.137. The molecule has 176 valence electrons. The van der Waals surface area contributed by atoms with Gasteiger partial charge in [0.25, 0.3) is 0 Å². The minimum Gasteiger partial charge on any atom is -0.463 e. The van der Waals surface area contributed by atoms with E-state index in [1.807, 2.05) is 48.5 Å². The molecule has 4 unspecified atom stereocenters. The minimum atomic E-state index is -0.388. The quantitative estimate of drug-likeness (QED) is 0.337. The minimum absolute atomic E-state index is 0.0583. The highest BCUT2D eigenvalue weighted by Crippen LogP contribution is 2.56. The van der Waals surface area contributed by atoms with Gasteiger partial charge < -0.3 is 9.64 Å². The summed E-state index contributed by atoms with van der Waals surface area (Å²) in [7, 11) is 0. The smallest absolute Gasteiger partial charge is 0.332 e. The van der Waals surface area contributed by atoms with Crippen molar-refractivity contribution in [3.05, 3.63) is 78.0 Å². The van der Waals surface area contributed by atoms with Gasteiger partial charge in [-0.3, -0.25) is 4.79 Å². The molecule has 0 spiro atoms. The van der Waals surface area contributed by atoms with E-state index in [4.69, 9.17) is 4.74 Å². The number of esters is 1. The number of hydrogen-bond acceptors (Lipinski definition) is 6. The van der Waals surface area contributed by atoms with Crippen LogP contribution in [0.3, 0.4) is 0 Å². The van der Waals surface area contributed by atoms with Crippen molar-refractivity contribution in [2.45, 2.75) is 19.9 Å². The summed E-state index contributed by atoms with van der Waals surface area (Å²) in [6.45, 7) is 2.52. The number of nitrogens with one attached hydrogen (secondary N) is 1. The molecular weight excluding hydrogens is 442 g/mol. The van der Waals surface area contributed by atoms with Gasteiger partial charge in [0.1, 0.15) is 0 Å². The van der Waals surface area contributed by atoms with Gasteiger partial charge in [0.2, 0.25) is 11.7 Å². The highest BCUT2D eigenvalue weighted by Gasteiger charge is 2.56. The van der Waals surface area contributed by atoms with Crippen molar-refractivity contribution >= 4 is 11.9 Å². The van der Waals surface area contributed by atoms with Gasteiger partial charge in [-0.15, -0.1) is 10.2 Å². The number of H-pyrrole nitrogens is 1. The Morgan fingerprint density at radius 3 is 2.54 bits per heavy atom. The van der Waals surface area contributed by atoms with Crippen molar-refractivity contribution in [1.29, 1.82) is 0 Å². The molecule has 2 bridgehead atoms. The first-order chi connectivity index (χ1) is 17.1. The number of benzene rings is 2. The molecule has 1 aromatic heterocycles. The van der Waals surface area contributed by atoms with E-state index in [2.05, 4.69) is 32.8 Å². The summed E-state index contributed by atoms with van der Waals surface area (Å²) in [4.78, 5) is 27.6. The Balaban J connectivity index is 1.28. The molecule has 8 nitrogen and oxygen atoms in total. The number of tetrazole rings is 1. The van der Waals surface area contributed by atoms with Crippen LogP contribution < -0.4 is 0 Å². The van der Waals surface area contributed by atoms with Crippen LogP contribution in [0.4, 0.5) is 0 Å². The van der Waals surface area contributed by atoms with Gasteiger partial charge in [0.05, 0.1) is 19.1 Å². The van der Waals surface area contributed by atoms with Crippen molar-refractivity contribution < 1.29 is 14.3 Å². The molecule has 1 saturated heterocycles. The second-order valence-corrected chi connectivity index (χ2v) is 9.22. The number of carbonyl (C=O) groups excluding carboxylic acids is 2. The summed E-state index contributed by atoms with van der Waals surface area (Å²) in [5.41, 5.74) is 4.69. The SMILES string of the molecule is CCOC(=O)/C=C1\C2C3C=CC(C3)C2C(=O)N1Cc1ccc(-c2ccccc2-c2nn[nH]n2)cc1. The van der Waals surface area contributed by atoms with E-state index in [1.165, 1.54) is 6.08 Å². The first-order valence-corrected chi connectivity index (χ1v) is 11.9. The fraction of sp³-hybridized carbons (Fsp3) is 0.296. The average Bonchev–Trinajstić information content (AvgIpc) is 3.67. The van der Waals surface area contributed by atoms with E-state index < -0.39 is 0 Å². The Morgan fingerprint density at radius 2 is 1.83 bits per heavy atom. The summed E-state index contributed by atoms with van der Waals surface area (Å²) in [5, 5.41) is 14.4. The third-order valence-electron chi connectivity index (χ3n) is 7.33. The van der Waals surface area contributed by atoms with Crippen molar-refractivity contribution in [2.24, 2.45) is 23.7 Å². The van der Waals surface area contributed by atoms with Crippen LogP contribution in [-0.4, -0.2) is 44.0 Å². The number of allylic oxidation sites excluding steroid dienone is 3. The Kier molecular flexibility index (Phi) is 5.28. The molecule has 1 amide bonds. The summed E-state index contributed by atoms with van der Waals surface area (Å²) >= 11 is 0. The number of carbonyl (C=O) groups is 2. The number of hydrogen-bond donors (Lipinski definition) is 1. The van der Waals surface area contributed by atoms with Gasteiger partial charge in [-0.05, 0) is 47.1 Å². The number of amides is 1. The van der Waals surface area contributed by atoms with Gasteiger partial charge in [-0.25, -0.2) is 4.79 Å². The number of aromatic amines is 1. The van der Waals surface area contributed by atoms with E-state index in [9.17, 15) is 9.59 Å². The maximum absolute atomic E-state index is 13.5. The summed E-state index contributed by atoms with van der Waals surface area (Å²) in [6.07, 6.45) is 6.91. The normalized spacial score (nSPS) is 25.5. The van der Waals surface area contributed by atoms with Crippen LogP contribution >= 0.6 is 0 Å². The van der Waals surface area contributed by atoms with Crippen molar-refractivity contribution in [3.8, 4) is 22.5 Å². The molecule has 2 fully saturated rings. The maximum atomic E-state index is 13.5. The van der Waals surface area contributed by atoms with Crippen LogP contribution in [0, 0.1) is 23.7 Å². The summed E-state index contributed by atoms with van der Waals surface area (Å²) in [6, 6.07) is 16.0. The number of ether oxygens (including phenoxy) is 1. The Hall–Kier alpha value is -4.07. The van der Waals surface area contributed by atoms with Gasteiger partial charge >= 0.3 is 5.97 Å². The molecule has 6 rings (SSSR count). The lowest BCUT2D eigenvalue weighted by Gasteiger charge is -2.23. The zero-order valence-electron chi connectivity index (χ0n) is 19.3.